The fourth-order valence-electron chi connectivity index (χ4n) is 2.53. The summed E-state index contributed by atoms with van der Waals surface area (Å²) in [6, 6.07) is 19.7. The smallest absolute Gasteiger partial charge is 0.188 e. The van der Waals surface area contributed by atoms with Crippen molar-refractivity contribution in [2.45, 2.75) is 17.7 Å². The van der Waals surface area contributed by atoms with Crippen LogP contribution in [-0.4, -0.2) is 23.8 Å². The van der Waals surface area contributed by atoms with Crippen molar-refractivity contribution in [3.05, 3.63) is 77.3 Å². The molecule has 1 aliphatic rings. The molecule has 0 N–H and O–H groups in total. The number of hydrogen-bond acceptors (Lipinski definition) is 3. The van der Waals surface area contributed by atoms with Crippen LogP contribution in [0.4, 0.5) is 0 Å². The van der Waals surface area contributed by atoms with E-state index < -0.39 is 0 Å². The molecule has 1 fully saturated rings. The van der Waals surface area contributed by atoms with E-state index in [1.165, 1.54) is 17.7 Å². The van der Waals surface area contributed by atoms with Gasteiger partial charge in [-0.2, -0.15) is 0 Å². The SMILES string of the molecule is O=C(/C=C(\Sc1ccccc1)N1CCCC1)c1ccccc1. The topological polar surface area (TPSA) is 20.3 Å². The van der Waals surface area contributed by atoms with Crippen LogP contribution in [0.25, 0.3) is 0 Å². The van der Waals surface area contributed by atoms with Crippen LogP contribution in [-0.2, 0) is 0 Å². The highest BCUT2D eigenvalue weighted by Crippen LogP contribution is 2.31. The molecule has 0 atom stereocenters. The van der Waals surface area contributed by atoms with E-state index in [0.717, 1.165) is 23.7 Å². The average Bonchev–Trinajstić information content (AvgIpc) is 3.10. The zero-order chi connectivity index (χ0) is 15.2. The molecule has 22 heavy (non-hydrogen) atoms. The van der Waals surface area contributed by atoms with Crippen molar-refractivity contribution >= 4 is 17.5 Å². The lowest BCUT2D eigenvalue weighted by atomic mass is 10.1. The first kappa shape index (κ1) is 14.9. The molecule has 0 bridgehead atoms. The van der Waals surface area contributed by atoms with Gasteiger partial charge in [-0.1, -0.05) is 60.3 Å². The van der Waals surface area contributed by atoms with Crippen molar-refractivity contribution in [2.24, 2.45) is 0 Å². The number of thioether (sulfide) groups is 1. The Labute approximate surface area is 135 Å². The molecule has 0 saturated carbocycles. The summed E-state index contributed by atoms with van der Waals surface area (Å²) in [6.07, 6.45) is 4.19. The molecule has 1 saturated heterocycles. The predicted molar refractivity (Wildman–Crippen MR) is 92.0 cm³/mol. The lowest BCUT2D eigenvalue weighted by molar-refractivity contribution is 0.104. The number of nitrogens with zero attached hydrogens (tertiary/aromatic N) is 1. The molecule has 1 aliphatic heterocycles. The molecular formula is C19H19NOS. The van der Waals surface area contributed by atoms with Gasteiger partial charge in [0.05, 0.1) is 5.03 Å². The lowest BCUT2D eigenvalue weighted by Gasteiger charge is -2.20. The number of ketones is 1. The Kier molecular flexibility index (Phi) is 4.96. The van der Waals surface area contributed by atoms with Crippen LogP contribution < -0.4 is 0 Å². The summed E-state index contributed by atoms with van der Waals surface area (Å²) in [4.78, 5) is 16.0. The van der Waals surface area contributed by atoms with Crippen LogP contribution in [0.5, 0.6) is 0 Å². The molecule has 3 rings (SSSR count). The second-order valence-electron chi connectivity index (χ2n) is 5.32. The predicted octanol–water partition coefficient (Wildman–Crippen LogP) is 4.60. The summed E-state index contributed by atoms with van der Waals surface area (Å²) in [5, 5.41) is 1.05. The Balaban J connectivity index is 1.84. The zero-order valence-corrected chi connectivity index (χ0v) is 13.3. The third kappa shape index (κ3) is 3.80. The fourth-order valence-corrected chi connectivity index (χ4v) is 3.54. The number of rotatable bonds is 5. The first-order valence-electron chi connectivity index (χ1n) is 7.62. The molecule has 2 nitrogen and oxygen atoms in total. The van der Waals surface area contributed by atoms with Gasteiger partial charge in [-0.3, -0.25) is 4.79 Å². The monoisotopic (exact) mass is 309 g/mol. The molecule has 2 aromatic rings. The van der Waals surface area contributed by atoms with E-state index >= 15 is 0 Å². The van der Waals surface area contributed by atoms with Gasteiger partial charge in [0.1, 0.15) is 0 Å². The van der Waals surface area contributed by atoms with Crippen molar-refractivity contribution in [2.75, 3.05) is 13.1 Å². The van der Waals surface area contributed by atoms with Crippen LogP contribution in [0.3, 0.4) is 0 Å². The minimum absolute atomic E-state index is 0.0749. The van der Waals surface area contributed by atoms with E-state index in [4.69, 9.17) is 0 Å². The normalized spacial score (nSPS) is 15.1. The van der Waals surface area contributed by atoms with E-state index in [2.05, 4.69) is 17.0 Å². The lowest BCUT2D eigenvalue weighted by Crippen LogP contribution is -2.17. The summed E-state index contributed by atoms with van der Waals surface area (Å²) in [5.74, 6) is 0.0749. The zero-order valence-electron chi connectivity index (χ0n) is 12.4. The van der Waals surface area contributed by atoms with Crippen LogP contribution in [0.2, 0.25) is 0 Å². The van der Waals surface area contributed by atoms with Gasteiger partial charge in [-0.15, -0.1) is 0 Å². The Morgan fingerprint density at radius 3 is 2.14 bits per heavy atom. The third-order valence-corrected chi connectivity index (χ3v) is 4.79. The maximum absolute atomic E-state index is 12.5. The van der Waals surface area contributed by atoms with Gasteiger partial charge in [-0.05, 0) is 25.0 Å². The van der Waals surface area contributed by atoms with Crippen molar-refractivity contribution in [3.63, 3.8) is 0 Å². The molecule has 3 heteroatoms. The van der Waals surface area contributed by atoms with E-state index in [1.807, 2.05) is 48.5 Å². The van der Waals surface area contributed by atoms with Crippen LogP contribution >= 0.6 is 11.8 Å². The quantitative estimate of drug-likeness (QED) is 0.457. The van der Waals surface area contributed by atoms with Gasteiger partial charge < -0.3 is 4.90 Å². The van der Waals surface area contributed by atoms with Crippen LogP contribution in [0.1, 0.15) is 23.2 Å². The Hall–Kier alpha value is -2.00. The highest BCUT2D eigenvalue weighted by molar-refractivity contribution is 8.03. The summed E-state index contributed by atoms with van der Waals surface area (Å²) in [5.41, 5.74) is 0.743. The minimum atomic E-state index is 0.0749. The molecule has 0 aliphatic carbocycles. The second kappa shape index (κ2) is 7.32. The van der Waals surface area contributed by atoms with E-state index in [1.54, 1.807) is 17.8 Å². The second-order valence-corrected chi connectivity index (χ2v) is 6.42. The number of carbonyl (C=O) groups excluding carboxylic acids is 1. The number of allylic oxidation sites excluding steroid dienone is 1. The van der Waals surface area contributed by atoms with E-state index in [0.29, 0.717) is 0 Å². The molecule has 0 amide bonds. The van der Waals surface area contributed by atoms with Gasteiger partial charge in [-0.25, -0.2) is 0 Å². The Morgan fingerprint density at radius 1 is 0.909 bits per heavy atom. The minimum Gasteiger partial charge on any atom is -0.366 e. The number of carbonyl (C=O) groups is 1. The maximum atomic E-state index is 12.5. The number of hydrogen-bond donors (Lipinski definition) is 0. The molecule has 0 aromatic heterocycles. The first-order chi connectivity index (χ1) is 10.8. The van der Waals surface area contributed by atoms with E-state index in [9.17, 15) is 4.79 Å². The van der Waals surface area contributed by atoms with Gasteiger partial charge in [0.2, 0.25) is 0 Å². The highest BCUT2D eigenvalue weighted by Gasteiger charge is 2.17. The first-order valence-corrected chi connectivity index (χ1v) is 8.43. The summed E-state index contributed by atoms with van der Waals surface area (Å²) >= 11 is 1.68. The summed E-state index contributed by atoms with van der Waals surface area (Å²) in [6.45, 7) is 2.07. The van der Waals surface area contributed by atoms with Crippen LogP contribution in [0.15, 0.2) is 76.7 Å². The highest BCUT2D eigenvalue weighted by atomic mass is 32.2. The molecule has 2 aromatic carbocycles. The molecule has 0 spiro atoms. The van der Waals surface area contributed by atoms with Gasteiger partial charge in [0.25, 0.3) is 0 Å². The number of likely N-dealkylation sites (tertiary alicyclic amines) is 1. The van der Waals surface area contributed by atoms with E-state index in [-0.39, 0.29) is 5.78 Å². The van der Waals surface area contributed by atoms with Gasteiger partial charge in [0, 0.05) is 29.6 Å². The fraction of sp³-hybridized carbons (Fsp3) is 0.211. The van der Waals surface area contributed by atoms with Crippen LogP contribution in [0, 0.1) is 0 Å². The third-order valence-electron chi connectivity index (χ3n) is 3.70. The molecular weight excluding hydrogens is 290 g/mol. The molecule has 112 valence electrons. The van der Waals surface area contributed by atoms with Crippen molar-refractivity contribution in [1.29, 1.82) is 0 Å². The Morgan fingerprint density at radius 2 is 1.50 bits per heavy atom. The van der Waals surface area contributed by atoms with Crippen molar-refractivity contribution < 1.29 is 4.79 Å². The largest absolute Gasteiger partial charge is 0.366 e. The molecule has 0 radical (unpaired) electrons. The Bertz CT molecular complexity index is 646. The molecule has 1 heterocycles. The molecule has 0 unspecified atom stereocenters. The maximum Gasteiger partial charge on any atom is 0.188 e. The number of benzene rings is 2. The average molecular weight is 309 g/mol. The van der Waals surface area contributed by atoms with Gasteiger partial charge >= 0.3 is 0 Å². The van der Waals surface area contributed by atoms with Crippen molar-refractivity contribution in [3.8, 4) is 0 Å². The standard InChI is InChI=1S/C19H19NOS/c21-18(16-9-3-1-4-10-16)15-19(20-13-7-8-14-20)22-17-11-5-2-6-12-17/h1-6,9-12,15H,7-8,13-14H2/b19-15-. The van der Waals surface area contributed by atoms with Gasteiger partial charge in [0.15, 0.2) is 5.78 Å². The summed E-state index contributed by atoms with van der Waals surface area (Å²) in [7, 11) is 0. The summed E-state index contributed by atoms with van der Waals surface area (Å²) < 4.78 is 0. The van der Waals surface area contributed by atoms with Crippen molar-refractivity contribution in [1.82, 2.24) is 4.90 Å².